The van der Waals surface area contributed by atoms with E-state index >= 15 is 0 Å². The van der Waals surface area contributed by atoms with Crippen molar-refractivity contribution in [2.24, 2.45) is 11.7 Å². The number of thiol groups is 1. The Balaban J connectivity index is 4.99. The molecule has 0 aliphatic carbocycles. The lowest BCUT2D eigenvalue weighted by Crippen LogP contribution is -2.58. The fraction of sp³-hybridized carbons (Fsp3) is 0.688. The summed E-state index contributed by atoms with van der Waals surface area (Å²) in [7, 11) is 0. The summed E-state index contributed by atoms with van der Waals surface area (Å²) in [5.41, 5.74) is 5.60. The van der Waals surface area contributed by atoms with Gasteiger partial charge in [0.05, 0.1) is 6.04 Å². The van der Waals surface area contributed by atoms with Crippen molar-refractivity contribution in [1.29, 1.82) is 0 Å². The monoisotopic (exact) mass is 420 g/mol. The van der Waals surface area contributed by atoms with E-state index in [0.29, 0.717) is 6.42 Å². The van der Waals surface area contributed by atoms with Gasteiger partial charge >= 0.3 is 11.9 Å². The van der Waals surface area contributed by atoms with Crippen molar-refractivity contribution < 1.29 is 34.2 Å². The zero-order valence-electron chi connectivity index (χ0n) is 15.8. The highest BCUT2D eigenvalue weighted by atomic mass is 32.1. The van der Waals surface area contributed by atoms with Gasteiger partial charge in [-0.3, -0.25) is 24.0 Å². The van der Waals surface area contributed by atoms with Crippen LogP contribution in [0.4, 0.5) is 0 Å². The third-order valence-electron chi connectivity index (χ3n) is 4.03. The molecule has 0 aromatic rings. The molecular formula is C16H28N4O7S. The van der Waals surface area contributed by atoms with Crippen LogP contribution in [-0.2, 0) is 24.0 Å². The number of amides is 3. The van der Waals surface area contributed by atoms with E-state index < -0.39 is 54.3 Å². The van der Waals surface area contributed by atoms with E-state index in [1.165, 1.54) is 0 Å². The lowest BCUT2D eigenvalue weighted by molar-refractivity contribution is -0.139. The Hall–Kier alpha value is -2.34. The van der Waals surface area contributed by atoms with Crippen LogP contribution in [-0.4, -0.2) is 70.3 Å². The number of rotatable bonds is 13. The zero-order valence-corrected chi connectivity index (χ0v) is 16.7. The SMILES string of the molecule is CCC(C)C(NC(=O)C(CS)NC(=O)C(N)CCC(=O)O)C(=O)NCC(=O)O. The van der Waals surface area contributed by atoms with Crippen molar-refractivity contribution in [3.63, 3.8) is 0 Å². The van der Waals surface area contributed by atoms with Crippen LogP contribution in [0.3, 0.4) is 0 Å². The second-order valence-electron chi connectivity index (χ2n) is 6.27. The number of aliphatic carboxylic acids is 2. The molecule has 160 valence electrons. The average molecular weight is 420 g/mol. The Kier molecular flexibility index (Phi) is 11.9. The Morgan fingerprint density at radius 3 is 2.07 bits per heavy atom. The first-order valence-electron chi connectivity index (χ1n) is 8.71. The van der Waals surface area contributed by atoms with Gasteiger partial charge in [0.1, 0.15) is 18.6 Å². The van der Waals surface area contributed by atoms with Crippen LogP contribution in [0.1, 0.15) is 33.1 Å². The van der Waals surface area contributed by atoms with Gasteiger partial charge in [-0.15, -0.1) is 0 Å². The molecule has 4 atom stereocenters. The van der Waals surface area contributed by atoms with E-state index in [0.717, 1.165) is 0 Å². The maximum Gasteiger partial charge on any atom is 0.322 e. The molecule has 7 N–H and O–H groups in total. The van der Waals surface area contributed by atoms with Crippen molar-refractivity contribution in [1.82, 2.24) is 16.0 Å². The predicted molar refractivity (Wildman–Crippen MR) is 103 cm³/mol. The minimum Gasteiger partial charge on any atom is -0.481 e. The van der Waals surface area contributed by atoms with Crippen molar-refractivity contribution in [3.8, 4) is 0 Å². The minimum absolute atomic E-state index is 0.0901. The first-order chi connectivity index (χ1) is 13.0. The van der Waals surface area contributed by atoms with Gasteiger partial charge < -0.3 is 31.9 Å². The summed E-state index contributed by atoms with van der Waals surface area (Å²) in [5, 5.41) is 24.4. The minimum atomic E-state index is -1.22. The van der Waals surface area contributed by atoms with E-state index in [9.17, 15) is 24.0 Å². The van der Waals surface area contributed by atoms with Gasteiger partial charge in [-0.25, -0.2) is 0 Å². The van der Waals surface area contributed by atoms with Crippen molar-refractivity contribution in [2.45, 2.75) is 51.2 Å². The van der Waals surface area contributed by atoms with Crippen molar-refractivity contribution in [3.05, 3.63) is 0 Å². The molecule has 3 amide bonds. The summed E-state index contributed by atoms with van der Waals surface area (Å²) >= 11 is 4.01. The third kappa shape index (κ3) is 9.55. The Labute approximate surface area is 168 Å². The average Bonchev–Trinajstić information content (AvgIpc) is 2.64. The summed E-state index contributed by atoms with van der Waals surface area (Å²) in [5.74, 6) is -4.78. The number of nitrogens with two attached hydrogens (primary N) is 1. The lowest BCUT2D eigenvalue weighted by atomic mass is 9.98. The molecule has 0 aliphatic rings. The molecule has 0 saturated heterocycles. The van der Waals surface area contributed by atoms with Crippen LogP contribution >= 0.6 is 12.6 Å². The van der Waals surface area contributed by atoms with Crippen LogP contribution in [0, 0.1) is 5.92 Å². The number of hydrogen-bond acceptors (Lipinski definition) is 7. The lowest BCUT2D eigenvalue weighted by Gasteiger charge is -2.26. The molecule has 0 spiro atoms. The van der Waals surface area contributed by atoms with Crippen LogP contribution in [0.5, 0.6) is 0 Å². The van der Waals surface area contributed by atoms with E-state index in [1.807, 2.05) is 0 Å². The summed E-state index contributed by atoms with van der Waals surface area (Å²) in [6.45, 7) is 2.92. The number of carbonyl (C=O) groups excluding carboxylic acids is 3. The molecule has 0 saturated carbocycles. The quantitative estimate of drug-likeness (QED) is 0.172. The van der Waals surface area contributed by atoms with Crippen LogP contribution in [0.15, 0.2) is 0 Å². The van der Waals surface area contributed by atoms with Crippen LogP contribution < -0.4 is 21.7 Å². The van der Waals surface area contributed by atoms with Gasteiger partial charge in [-0.05, 0) is 12.3 Å². The largest absolute Gasteiger partial charge is 0.481 e. The highest BCUT2D eigenvalue weighted by Gasteiger charge is 2.30. The van der Waals surface area contributed by atoms with E-state index in [-0.39, 0.29) is 24.5 Å². The van der Waals surface area contributed by atoms with Gasteiger partial charge in [0, 0.05) is 12.2 Å². The Morgan fingerprint density at radius 1 is 1.00 bits per heavy atom. The third-order valence-corrected chi connectivity index (χ3v) is 4.39. The molecule has 4 unspecified atom stereocenters. The summed E-state index contributed by atoms with van der Waals surface area (Å²) in [6.07, 6.45) is 0.130. The summed E-state index contributed by atoms with van der Waals surface area (Å²) in [4.78, 5) is 57.9. The van der Waals surface area contributed by atoms with Gasteiger partial charge in [-0.2, -0.15) is 12.6 Å². The molecule has 28 heavy (non-hydrogen) atoms. The highest BCUT2D eigenvalue weighted by Crippen LogP contribution is 2.09. The normalized spacial score (nSPS) is 14.9. The van der Waals surface area contributed by atoms with E-state index in [4.69, 9.17) is 15.9 Å². The standard InChI is InChI=1S/C16H28N4O7S/c1-3-8(2)13(16(27)18-6-12(23)24)20-15(26)10(7-28)19-14(25)9(17)4-5-11(21)22/h8-10,13,28H,3-7,17H2,1-2H3,(H,18,27)(H,19,25)(H,20,26)(H,21,22)(H,23,24). The number of carboxylic acid groups (broad SMARTS) is 2. The molecule has 0 heterocycles. The maximum atomic E-state index is 12.5. The molecule has 12 heteroatoms. The second-order valence-corrected chi connectivity index (χ2v) is 6.63. The van der Waals surface area contributed by atoms with Crippen molar-refractivity contribution in [2.75, 3.05) is 12.3 Å². The Morgan fingerprint density at radius 2 is 1.61 bits per heavy atom. The predicted octanol–water partition coefficient (Wildman–Crippen LogP) is -1.68. The van der Waals surface area contributed by atoms with Crippen LogP contribution in [0.25, 0.3) is 0 Å². The molecule has 0 rings (SSSR count). The second kappa shape index (κ2) is 12.9. The molecule has 0 radical (unpaired) electrons. The molecule has 0 aromatic carbocycles. The fourth-order valence-electron chi connectivity index (χ4n) is 2.11. The smallest absolute Gasteiger partial charge is 0.322 e. The topological polar surface area (TPSA) is 188 Å². The summed E-state index contributed by atoms with van der Waals surface area (Å²) in [6, 6.07) is -3.22. The first kappa shape index (κ1) is 25.7. The molecule has 0 aromatic heterocycles. The maximum absolute atomic E-state index is 12.5. The molecule has 11 nitrogen and oxygen atoms in total. The van der Waals surface area contributed by atoms with Gasteiger partial charge in [0.15, 0.2) is 0 Å². The number of hydrogen-bond donors (Lipinski definition) is 7. The van der Waals surface area contributed by atoms with Gasteiger partial charge in [-0.1, -0.05) is 20.3 Å². The van der Waals surface area contributed by atoms with E-state index in [1.54, 1.807) is 13.8 Å². The number of carbonyl (C=O) groups is 5. The van der Waals surface area contributed by atoms with Crippen LogP contribution in [0.2, 0.25) is 0 Å². The molecule has 0 bridgehead atoms. The van der Waals surface area contributed by atoms with Crippen molar-refractivity contribution >= 4 is 42.3 Å². The highest BCUT2D eigenvalue weighted by molar-refractivity contribution is 7.80. The van der Waals surface area contributed by atoms with Gasteiger partial charge in [0.2, 0.25) is 17.7 Å². The molecular weight excluding hydrogens is 392 g/mol. The Bertz CT molecular complexity index is 587. The van der Waals surface area contributed by atoms with Gasteiger partial charge in [0.25, 0.3) is 0 Å². The molecule has 0 fully saturated rings. The van der Waals surface area contributed by atoms with E-state index in [2.05, 4.69) is 28.6 Å². The first-order valence-corrected chi connectivity index (χ1v) is 9.35. The zero-order chi connectivity index (χ0) is 21.9. The fourth-order valence-corrected chi connectivity index (χ4v) is 2.37. The molecule has 0 aliphatic heterocycles. The number of carboxylic acids is 2. The summed E-state index contributed by atoms with van der Waals surface area (Å²) < 4.78 is 0. The number of nitrogens with one attached hydrogen (secondary N) is 3.